The van der Waals surface area contributed by atoms with Crippen LogP contribution >= 0.6 is 0 Å². The van der Waals surface area contributed by atoms with E-state index >= 15 is 0 Å². The van der Waals surface area contributed by atoms with E-state index in [4.69, 9.17) is 19.9 Å². The van der Waals surface area contributed by atoms with Gasteiger partial charge in [-0.15, -0.1) is 0 Å². The summed E-state index contributed by atoms with van der Waals surface area (Å²) < 4.78 is 19.0. The van der Waals surface area contributed by atoms with E-state index in [1.165, 1.54) is 0 Å². The van der Waals surface area contributed by atoms with Crippen LogP contribution in [0.1, 0.15) is 36.1 Å². The summed E-state index contributed by atoms with van der Waals surface area (Å²) >= 11 is 0. The molecule has 1 aromatic heterocycles. The monoisotopic (exact) mass is 416 g/mol. The molecule has 31 heavy (non-hydrogen) atoms. The number of aryl methyl sites for hydroxylation is 1. The van der Waals surface area contributed by atoms with Crippen molar-refractivity contribution in [2.45, 2.75) is 26.2 Å². The number of fused-ring (bicyclic) bond motifs is 1. The Hall–Kier alpha value is -3.92. The van der Waals surface area contributed by atoms with Gasteiger partial charge in [0.15, 0.2) is 11.5 Å². The molecule has 158 valence electrons. The maximum atomic E-state index is 9.88. The smallest absolute Gasteiger partial charge is 0.229 e. The van der Waals surface area contributed by atoms with E-state index < -0.39 is 5.92 Å². The van der Waals surface area contributed by atoms with Crippen LogP contribution < -0.4 is 19.9 Å². The first kappa shape index (κ1) is 20.4. The van der Waals surface area contributed by atoms with Gasteiger partial charge >= 0.3 is 0 Å². The first-order chi connectivity index (χ1) is 15.1. The molecule has 1 aliphatic rings. The Labute approximate surface area is 181 Å². The summed E-state index contributed by atoms with van der Waals surface area (Å²) in [5.74, 6) is 1.41. The lowest BCUT2D eigenvalue weighted by atomic mass is 9.84. The van der Waals surface area contributed by atoms with E-state index in [1.54, 1.807) is 11.8 Å². The number of nitriles is 1. The molecule has 0 bridgehead atoms. The Kier molecular flexibility index (Phi) is 5.54. The van der Waals surface area contributed by atoms with Crippen molar-refractivity contribution in [3.63, 3.8) is 0 Å². The molecule has 2 heterocycles. The average Bonchev–Trinajstić information content (AvgIpc) is 3.13. The molecule has 0 fully saturated rings. The van der Waals surface area contributed by atoms with E-state index in [0.29, 0.717) is 29.6 Å². The Bertz CT molecular complexity index is 1180. The van der Waals surface area contributed by atoms with Gasteiger partial charge in [0, 0.05) is 0 Å². The second-order valence-corrected chi connectivity index (χ2v) is 7.24. The summed E-state index contributed by atoms with van der Waals surface area (Å²) in [7, 11) is 1.60. The van der Waals surface area contributed by atoms with Crippen molar-refractivity contribution in [2.24, 2.45) is 5.73 Å². The molecule has 4 rings (SSSR count). The van der Waals surface area contributed by atoms with Crippen LogP contribution in [0.5, 0.6) is 17.4 Å². The van der Waals surface area contributed by atoms with Crippen molar-refractivity contribution in [2.75, 3.05) is 13.7 Å². The summed E-state index contributed by atoms with van der Waals surface area (Å²) in [5.41, 5.74) is 9.79. The van der Waals surface area contributed by atoms with Crippen LogP contribution in [-0.4, -0.2) is 23.5 Å². The molecule has 1 atom stereocenters. The molecule has 2 aromatic carbocycles. The maximum absolute atomic E-state index is 9.88. The van der Waals surface area contributed by atoms with Crippen LogP contribution in [0.15, 0.2) is 60.0 Å². The molecule has 2 N–H and O–H groups in total. The van der Waals surface area contributed by atoms with Crippen LogP contribution in [0.3, 0.4) is 0 Å². The van der Waals surface area contributed by atoms with E-state index in [1.807, 2.05) is 62.4 Å². The Morgan fingerprint density at radius 2 is 1.97 bits per heavy atom. The zero-order valence-electron chi connectivity index (χ0n) is 17.8. The molecule has 0 aliphatic carbocycles. The number of ether oxygens (including phenoxy) is 3. The molecule has 7 heteroatoms. The van der Waals surface area contributed by atoms with E-state index in [0.717, 1.165) is 28.9 Å². The molecule has 0 saturated carbocycles. The van der Waals surface area contributed by atoms with Gasteiger partial charge in [0.2, 0.25) is 11.8 Å². The number of nitrogens with two attached hydrogens (primary N) is 1. The van der Waals surface area contributed by atoms with Crippen LogP contribution in [0.2, 0.25) is 0 Å². The van der Waals surface area contributed by atoms with Crippen LogP contribution in [0.4, 0.5) is 0 Å². The minimum Gasteiger partial charge on any atom is -0.493 e. The number of para-hydroxylation sites is 1. The number of aromatic nitrogens is 2. The lowest BCUT2D eigenvalue weighted by Gasteiger charge is -2.25. The Morgan fingerprint density at radius 3 is 2.65 bits per heavy atom. The summed E-state index contributed by atoms with van der Waals surface area (Å²) in [4.78, 5) is 0. The molecule has 7 nitrogen and oxygen atoms in total. The third-order valence-electron chi connectivity index (χ3n) is 5.22. The lowest BCUT2D eigenvalue weighted by Crippen LogP contribution is -2.22. The summed E-state index contributed by atoms with van der Waals surface area (Å²) in [6, 6.07) is 17.6. The third kappa shape index (κ3) is 3.57. The predicted molar refractivity (Wildman–Crippen MR) is 116 cm³/mol. The molecular formula is C24H24N4O3. The predicted octanol–water partition coefficient (Wildman–Crippen LogP) is 4.20. The quantitative estimate of drug-likeness (QED) is 0.647. The highest BCUT2D eigenvalue weighted by molar-refractivity contribution is 5.59. The number of hydrogen-bond donors (Lipinski definition) is 1. The second kappa shape index (κ2) is 8.44. The van der Waals surface area contributed by atoms with Gasteiger partial charge in [0.1, 0.15) is 11.6 Å². The first-order valence-corrected chi connectivity index (χ1v) is 10.1. The van der Waals surface area contributed by atoms with Crippen LogP contribution in [-0.2, 0) is 0 Å². The minimum absolute atomic E-state index is 0.0716. The number of nitrogens with zero attached hydrogens (tertiary/aromatic N) is 3. The summed E-state index contributed by atoms with van der Waals surface area (Å²) in [5, 5.41) is 14.6. The van der Waals surface area contributed by atoms with Crippen molar-refractivity contribution in [1.29, 1.82) is 5.26 Å². The molecule has 0 spiro atoms. The molecule has 1 aliphatic heterocycles. The van der Waals surface area contributed by atoms with Gasteiger partial charge in [0.05, 0.1) is 36.6 Å². The average molecular weight is 416 g/mol. The fourth-order valence-electron chi connectivity index (χ4n) is 3.79. The van der Waals surface area contributed by atoms with Gasteiger partial charge < -0.3 is 19.9 Å². The molecule has 0 amide bonds. The third-order valence-corrected chi connectivity index (χ3v) is 5.22. The second-order valence-electron chi connectivity index (χ2n) is 7.24. The zero-order chi connectivity index (χ0) is 22.0. The van der Waals surface area contributed by atoms with Gasteiger partial charge in [-0.1, -0.05) is 31.2 Å². The minimum atomic E-state index is -0.430. The maximum Gasteiger partial charge on any atom is 0.229 e. The Morgan fingerprint density at radius 1 is 1.19 bits per heavy atom. The highest BCUT2D eigenvalue weighted by Gasteiger charge is 2.36. The summed E-state index contributed by atoms with van der Waals surface area (Å²) in [6.07, 6.45) is 0.893. The zero-order valence-corrected chi connectivity index (χ0v) is 17.8. The standard InChI is InChI=1S/C24H24N4O3/c1-4-12-30-19-11-10-16(13-20(19)29-3)22-18(14-25)23(26)31-24-21(22)15(2)27-28(24)17-8-6-5-7-9-17/h5-11,13,22H,4,12,26H2,1-3H3/t22-/m1/s1. The molecular weight excluding hydrogens is 392 g/mol. The van der Waals surface area contributed by atoms with E-state index in [9.17, 15) is 5.26 Å². The largest absolute Gasteiger partial charge is 0.493 e. The number of allylic oxidation sites excluding steroid dienone is 1. The fourth-order valence-corrected chi connectivity index (χ4v) is 3.79. The van der Waals surface area contributed by atoms with E-state index in [2.05, 4.69) is 11.2 Å². The number of benzene rings is 2. The molecule has 3 aromatic rings. The molecule has 0 unspecified atom stereocenters. The highest BCUT2D eigenvalue weighted by Crippen LogP contribution is 2.46. The number of methoxy groups -OCH3 is 1. The van der Waals surface area contributed by atoms with Crippen LogP contribution in [0.25, 0.3) is 5.69 Å². The first-order valence-electron chi connectivity index (χ1n) is 10.1. The fraction of sp³-hybridized carbons (Fsp3) is 0.250. The van der Waals surface area contributed by atoms with Gasteiger partial charge in [0.25, 0.3) is 0 Å². The lowest BCUT2D eigenvalue weighted by molar-refractivity contribution is 0.294. The van der Waals surface area contributed by atoms with Gasteiger partial charge in [-0.2, -0.15) is 10.4 Å². The highest BCUT2D eigenvalue weighted by atomic mass is 16.5. The van der Waals surface area contributed by atoms with Gasteiger partial charge in [-0.05, 0) is 43.2 Å². The normalized spacial score (nSPS) is 15.1. The summed E-state index contributed by atoms with van der Waals surface area (Å²) in [6.45, 7) is 4.54. The van der Waals surface area contributed by atoms with Crippen LogP contribution in [0, 0.1) is 18.3 Å². The van der Waals surface area contributed by atoms with Crippen molar-refractivity contribution in [1.82, 2.24) is 9.78 Å². The number of hydrogen-bond acceptors (Lipinski definition) is 6. The van der Waals surface area contributed by atoms with Gasteiger partial charge in [-0.25, -0.2) is 4.68 Å². The van der Waals surface area contributed by atoms with Crippen molar-refractivity contribution in [3.05, 3.63) is 76.8 Å². The SMILES string of the molecule is CCCOc1ccc([C@@H]2C(C#N)=C(N)Oc3c2c(C)nn3-c2ccccc2)cc1OC. The Balaban J connectivity index is 1.87. The molecule has 0 saturated heterocycles. The van der Waals surface area contributed by atoms with Gasteiger partial charge in [-0.3, -0.25) is 0 Å². The molecule has 0 radical (unpaired) electrons. The van der Waals surface area contributed by atoms with Crippen molar-refractivity contribution in [3.8, 4) is 29.1 Å². The van der Waals surface area contributed by atoms with Crippen molar-refractivity contribution >= 4 is 0 Å². The van der Waals surface area contributed by atoms with Crippen molar-refractivity contribution < 1.29 is 14.2 Å². The number of rotatable bonds is 6. The van der Waals surface area contributed by atoms with E-state index in [-0.39, 0.29) is 5.88 Å². The topological polar surface area (TPSA) is 95.3 Å².